The van der Waals surface area contributed by atoms with Crippen molar-refractivity contribution in [2.75, 3.05) is 28.4 Å². The lowest BCUT2D eigenvalue weighted by Gasteiger charge is -2.13. The predicted octanol–water partition coefficient (Wildman–Crippen LogP) is 3.52. The third-order valence-electron chi connectivity index (χ3n) is 4.02. The summed E-state index contributed by atoms with van der Waals surface area (Å²) in [6, 6.07) is 11.1. The van der Waals surface area contributed by atoms with Crippen LogP contribution in [0.3, 0.4) is 0 Å². The summed E-state index contributed by atoms with van der Waals surface area (Å²) in [5.74, 6) is 2.70. The highest BCUT2D eigenvalue weighted by atomic mass is 32.1. The fourth-order valence-electron chi connectivity index (χ4n) is 2.69. The number of aromatic amines is 1. The van der Waals surface area contributed by atoms with E-state index >= 15 is 0 Å². The average Bonchev–Trinajstić information content (AvgIpc) is 3.11. The van der Waals surface area contributed by atoms with Gasteiger partial charge in [0.2, 0.25) is 10.5 Å². The molecule has 0 bridgehead atoms. The molecule has 0 aliphatic heterocycles. The number of para-hydroxylation sites is 1. The van der Waals surface area contributed by atoms with E-state index in [0.717, 1.165) is 5.56 Å². The predicted molar refractivity (Wildman–Crippen MR) is 108 cm³/mol. The number of nitrogens with one attached hydrogen (secondary N) is 1. The zero-order valence-electron chi connectivity index (χ0n) is 15.9. The van der Waals surface area contributed by atoms with Crippen LogP contribution in [-0.2, 0) is 0 Å². The average molecular weight is 400 g/mol. The van der Waals surface area contributed by atoms with E-state index in [-0.39, 0.29) is 0 Å². The Morgan fingerprint density at radius 3 is 2.21 bits per heavy atom. The summed E-state index contributed by atoms with van der Waals surface area (Å²) < 4.78 is 23.4. The smallest absolute Gasteiger partial charge is 0.216 e. The second-order valence-corrected chi connectivity index (χ2v) is 5.95. The number of ether oxygens (including phenoxy) is 4. The Kier molecular flexibility index (Phi) is 5.95. The minimum absolute atomic E-state index is 0.342. The molecule has 0 saturated heterocycles. The molecule has 0 aliphatic carbocycles. The minimum Gasteiger partial charge on any atom is -0.496 e. The number of H-pyrrole nitrogens is 1. The van der Waals surface area contributed by atoms with Crippen LogP contribution in [0, 0.1) is 4.77 Å². The Balaban J connectivity index is 2.09. The number of nitrogens with zero attached hydrogens (tertiary/aromatic N) is 3. The molecule has 1 N–H and O–H groups in total. The number of hydrogen-bond donors (Lipinski definition) is 1. The normalized spacial score (nSPS) is 10.9. The van der Waals surface area contributed by atoms with Crippen LogP contribution in [0.2, 0.25) is 0 Å². The largest absolute Gasteiger partial charge is 0.496 e. The molecule has 0 saturated carbocycles. The lowest BCUT2D eigenvalue weighted by molar-refractivity contribution is 0.324. The summed E-state index contributed by atoms with van der Waals surface area (Å²) in [6.45, 7) is 0. The Morgan fingerprint density at radius 2 is 1.61 bits per heavy atom. The molecule has 0 amide bonds. The molecule has 28 heavy (non-hydrogen) atoms. The summed E-state index contributed by atoms with van der Waals surface area (Å²) in [4.78, 5) is 0. The van der Waals surface area contributed by atoms with Crippen molar-refractivity contribution in [1.82, 2.24) is 14.9 Å². The Morgan fingerprint density at radius 1 is 0.964 bits per heavy atom. The van der Waals surface area contributed by atoms with Crippen molar-refractivity contribution >= 4 is 18.4 Å². The van der Waals surface area contributed by atoms with Gasteiger partial charge < -0.3 is 18.9 Å². The molecule has 1 aromatic heterocycles. The highest BCUT2D eigenvalue weighted by molar-refractivity contribution is 7.71. The maximum absolute atomic E-state index is 5.41. The number of aromatic nitrogens is 3. The SMILES string of the molecule is COc1ccccc1/C=N/n1c(-c2cc(OC)c(OC)c(OC)c2)n[nH]c1=S. The van der Waals surface area contributed by atoms with Gasteiger partial charge in [-0.3, -0.25) is 0 Å². The summed E-state index contributed by atoms with van der Waals surface area (Å²) >= 11 is 5.33. The molecule has 3 rings (SSSR count). The van der Waals surface area contributed by atoms with E-state index in [4.69, 9.17) is 31.2 Å². The van der Waals surface area contributed by atoms with E-state index in [1.807, 2.05) is 24.3 Å². The van der Waals surface area contributed by atoms with E-state index in [0.29, 0.717) is 39.2 Å². The van der Waals surface area contributed by atoms with Crippen LogP contribution in [0.1, 0.15) is 5.56 Å². The fourth-order valence-corrected chi connectivity index (χ4v) is 2.87. The van der Waals surface area contributed by atoms with Crippen LogP contribution in [-0.4, -0.2) is 49.5 Å². The van der Waals surface area contributed by atoms with Crippen molar-refractivity contribution in [1.29, 1.82) is 0 Å². The number of methoxy groups -OCH3 is 4. The first-order chi connectivity index (χ1) is 13.6. The minimum atomic E-state index is 0.342. The van der Waals surface area contributed by atoms with Crippen molar-refractivity contribution in [2.45, 2.75) is 0 Å². The van der Waals surface area contributed by atoms with Crippen LogP contribution < -0.4 is 18.9 Å². The van der Waals surface area contributed by atoms with Crippen LogP contribution in [0.25, 0.3) is 11.4 Å². The lowest BCUT2D eigenvalue weighted by atomic mass is 10.1. The van der Waals surface area contributed by atoms with Gasteiger partial charge in [0.15, 0.2) is 17.3 Å². The van der Waals surface area contributed by atoms with Crippen LogP contribution in [0.15, 0.2) is 41.5 Å². The maximum Gasteiger partial charge on any atom is 0.216 e. The standard InChI is InChI=1S/C19H20N4O4S/c1-24-14-8-6-5-7-12(14)11-20-23-18(21-22-19(23)28)13-9-15(25-2)17(27-4)16(10-13)26-3/h5-11H,1-4H3,(H,22,28)/b20-11+. The molecule has 3 aromatic rings. The van der Waals surface area contributed by atoms with Crippen molar-refractivity contribution < 1.29 is 18.9 Å². The molecule has 9 heteroatoms. The molecule has 2 aromatic carbocycles. The van der Waals surface area contributed by atoms with Crippen molar-refractivity contribution in [3.05, 3.63) is 46.7 Å². The molecule has 0 atom stereocenters. The van der Waals surface area contributed by atoms with Crippen LogP contribution >= 0.6 is 12.2 Å². The van der Waals surface area contributed by atoms with Gasteiger partial charge in [0.25, 0.3) is 0 Å². The summed E-state index contributed by atoms with van der Waals surface area (Å²) in [6.07, 6.45) is 1.66. The van der Waals surface area contributed by atoms with Crippen LogP contribution in [0.4, 0.5) is 0 Å². The first kappa shape index (κ1) is 19.4. The third kappa shape index (κ3) is 3.70. The van der Waals surface area contributed by atoms with Gasteiger partial charge in [-0.05, 0) is 36.5 Å². The second-order valence-electron chi connectivity index (χ2n) is 5.56. The molecule has 0 aliphatic rings. The van der Waals surface area contributed by atoms with Gasteiger partial charge in [0.05, 0.1) is 34.7 Å². The van der Waals surface area contributed by atoms with Crippen LogP contribution in [0.5, 0.6) is 23.0 Å². The van der Waals surface area contributed by atoms with E-state index in [2.05, 4.69) is 15.3 Å². The zero-order valence-corrected chi connectivity index (χ0v) is 16.7. The van der Waals surface area contributed by atoms with Crippen molar-refractivity contribution in [3.63, 3.8) is 0 Å². The Bertz CT molecular complexity index is 1030. The number of rotatable bonds is 7. The van der Waals surface area contributed by atoms with Crippen molar-refractivity contribution in [2.24, 2.45) is 5.10 Å². The molecular weight excluding hydrogens is 380 g/mol. The van der Waals surface area contributed by atoms with Crippen molar-refractivity contribution in [3.8, 4) is 34.4 Å². The number of benzene rings is 2. The molecule has 0 radical (unpaired) electrons. The van der Waals surface area contributed by atoms with E-state index in [1.54, 1.807) is 46.8 Å². The summed E-state index contributed by atoms with van der Waals surface area (Å²) in [5.41, 5.74) is 1.50. The third-order valence-corrected chi connectivity index (χ3v) is 4.29. The molecule has 146 valence electrons. The summed E-state index contributed by atoms with van der Waals surface area (Å²) in [7, 11) is 6.27. The molecule has 0 unspecified atom stereocenters. The quantitative estimate of drug-likeness (QED) is 0.483. The van der Waals surface area contributed by atoms with Gasteiger partial charge in [-0.1, -0.05) is 12.1 Å². The first-order valence-corrected chi connectivity index (χ1v) is 8.69. The second kappa shape index (κ2) is 8.57. The highest BCUT2D eigenvalue weighted by Gasteiger charge is 2.17. The first-order valence-electron chi connectivity index (χ1n) is 8.28. The van der Waals surface area contributed by atoms with Gasteiger partial charge in [0.1, 0.15) is 5.75 Å². The van der Waals surface area contributed by atoms with Gasteiger partial charge in [-0.15, -0.1) is 0 Å². The van der Waals surface area contributed by atoms with Gasteiger partial charge in [-0.2, -0.15) is 14.9 Å². The Labute approximate surface area is 167 Å². The monoisotopic (exact) mass is 400 g/mol. The zero-order chi connectivity index (χ0) is 20.1. The van der Waals surface area contributed by atoms with Gasteiger partial charge in [-0.25, -0.2) is 5.10 Å². The lowest BCUT2D eigenvalue weighted by Crippen LogP contribution is -1.99. The molecule has 1 heterocycles. The molecule has 0 spiro atoms. The maximum atomic E-state index is 5.41. The van der Waals surface area contributed by atoms with Gasteiger partial charge in [0, 0.05) is 11.1 Å². The molecular formula is C19H20N4O4S. The molecule has 0 fully saturated rings. The van der Waals surface area contributed by atoms with E-state index in [1.165, 1.54) is 4.68 Å². The van der Waals surface area contributed by atoms with E-state index in [9.17, 15) is 0 Å². The molecule has 8 nitrogen and oxygen atoms in total. The van der Waals surface area contributed by atoms with Gasteiger partial charge >= 0.3 is 0 Å². The highest BCUT2D eigenvalue weighted by Crippen LogP contribution is 2.40. The topological polar surface area (TPSA) is 82.9 Å². The summed E-state index contributed by atoms with van der Waals surface area (Å²) in [5, 5.41) is 11.5. The number of hydrogen-bond acceptors (Lipinski definition) is 7. The fraction of sp³-hybridized carbons (Fsp3) is 0.211. The Hall–Kier alpha value is -3.33. The van der Waals surface area contributed by atoms with E-state index < -0.39 is 0 Å².